The molecule has 0 atom stereocenters. The monoisotopic (exact) mass is 330 g/mol. The van der Waals surface area contributed by atoms with Crippen LogP contribution in [0, 0.1) is 0 Å². The Balaban J connectivity index is 1.76. The SMILES string of the molecule is COC(=O)c1sccc1NC(=O)c1ccc(-n2cncn2)nn1. The van der Waals surface area contributed by atoms with Crippen LogP contribution in [0.2, 0.25) is 0 Å². The lowest BCUT2D eigenvalue weighted by atomic mass is 10.3. The summed E-state index contributed by atoms with van der Waals surface area (Å²) in [6.45, 7) is 0. The van der Waals surface area contributed by atoms with Gasteiger partial charge in [0.05, 0.1) is 12.8 Å². The van der Waals surface area contributed by atoms with E-state index in [-0.39, 0.29) is 5.69 Å². The molecule has 0 saturated carbocycles. The minimum absolute atomic E-state index is 0.107. The number of esters is 1. The molecule has 3 rings (SSSR count). The van der Waals surface area contributed by atoms with Crippen molar-refractivity contribution in [3.8, 4) is 5.82 Å². The predicted molar refractivity (Wildman–Crippen MR) is 80.6 cm³/mol. The number of hydrogen-bond acceptors (Lipinski definition) is 8. The Labute approximate surface area is 134 Å². The number of carbonyl (C=O) groups is 2. The molecule has 0 bridgehead atoms. The quantitative estimate of drug-likeness (QED) is 0.714. The van der Waals surface area contributed by atoms with Crippen molar-refractivity contribution in [3.05, 3.63) is 46.8 Å². The van der Waals surface area contributed by atoms with Gasteiger partial charge in [-0.25, -0.2) is 14.5 Å². The molecule has 23 heavy (non-hydrogen) atoms. The minimum atomic E-state index is -0.511. The molecule has 0 spiro atoms. The van der Waals surface area contributed by atoms with Crippen molar-refractivity contribution in [2.45, 2.75) is 0 Å². The van der Waals surface area contributed by atoms with E-state index < -0.39 is 11.9 Å². The summed E-state index contributed by atoms with van der Waals surface area (Å²) in [6, 6.07) is 4.71. The zero-order valence-corrected chi connectivity index (χ0v) is 12.6. The Hall–Kier alpha value is -3.14. The van der Waals surface area contributed by atoms with Crippen LogP contribution in [0.5, 0.6) is 0 Å². The number of methoxy groups -OCH3 is 1. The first-order valence-corrected chi connectivity index (χ1v) is 7.23. The maximum absolute atomic E-state index is 12.2. The van der Waals surface area contributed by atoms with Crippen LogP contribution in [0.4, 0.5) is 5.69 Å². The molecule has 0 fully saturated rings. The zero-order chi connectivity index (χ0) is 16.2. The van der Waals surface area contributed by atoms with Gasteiger partial charge in [0.1, 0.15) is 17.5 Å². The molecule has 0 aliphatic heterocycles. The van der Waals surface area contributed by atoms with Crippen LogP contribution < -0.4 is 5.32 Å². The van der Waals surface area contributed by atoms with Crippen molar-refractivity contribution in [1.82, 2.24) is 25.0 Å². The van der Waals surface area contributed by atoms with E-state index in [4.69, 9.17) is 0 Å². The van der Waals surface area contributed by atoms with Gasteiger partial charge in [0.2, 0.25) is 0 Å². The topological polar surface area (TPSA) is 112 Å². The molecule has 0 saturated heterocycles. The van der Waals surface area contributed by atoms with Crippen LogP contribution >= 0.6 is 11.3 Å². The van der Waals surface area contributed by atoms with E-state index >= 15 is 0 Å². The lowest BCUT2D eigenvalue weighted by molar-refractivity contribution is 0.0607. The molecule has 1 N–H and O–H groups in total. The van der Waals surface area contributed by atoms with Gasteiger partial charge in [0.15, 0.2) is 11.5 Å². The molecule has 0 radical (unpaired) electrons. The minimum Gasteiger partial charge on any atom is -0.465 e. The van der Waals surface area contributed by atoms with E-state index in [1.165, 1.54) is 41.8 Å². The van der Waals surface area contributed by atoms with Crippen molar-refractivity contribution in [3.63, 3.8) is 0 Å². The van der Waals surface area contributed by atoms with Gasteiger partial charge in [-0.05, 0) is 23.6 Å². The second kappa shape index (κ2) is 6.32. The Bertz CT molecular complexity index is 828. The van der Waals surface area contributed by atoms with Crippen molar-refractivity contribution in [1.29, 1.82) is 0 Å². The first-order chi connectivity index (χ1) is 11.2. The van der Waals surface area contributed by atoms with Gasteiger partial charge in [-0.3, -0.25) is 4.79 Å². The van der Waals surface area contributed by atoms with Gasteiger partial charge in [-0.15, -0.1) is 21.5 Å². The van der Waals surface area contributed by atoms with Crippen LogP contribution in [0.3, 0.4) is 0 Å². The molecule has 116 valence electrons. The molecule has 0 aromatic carbocycles. The summed E-state index contributed by atoms with van der Waals surface area (Å²) in [5, 5.41) is 16.0. The van der Waals surface area contributed by atoms with Gasteiger partial charge in [-0.2, -0.15) is 5.10 Å². The second-order valence-corrected chi connectivity index (χ2v) is 5.14. The maximum atomic E-state index is 12.2. The number of thiophene rings is 1. The molecule has 0 aliphatic rings. The highest BCUT2D eigenvalue weighted by atomic mass is 32.1. The zero-order valence-electron chi connectivity index (χ0n) is 11.8. The molecule has 1 amide bonds. The average Bonchev–Trinajstić information content (AvgIpc) is 3.26. The maximum Gasteiger partial charge on any atom is 0.350 e. The number of rotatable bonds is 4. The number of nitrogens with one attached hydrogen (secondary N) is 1. The Morgan fingerprint density at radius 2 is 2.13 bits per heavy atom. The third-order valence-electron chi connectivity index (χ3n) is 2.82. The fourth-order valence-corrected chi connectivity index (χ4v) is 2.51. The van der Waals surface area contributed by atoms with Crippen LogP contribution in [-0.2, 0) is 4.74 Å². The second-order valence-electron chi connectivity index (χ2n) is 4.23. The van der Waals surface area contributed by atoms with E-state index in [0.717, 1.165) is 0 Å². The standard InChI is InChI=1S/C13H10N6O3S/c1-22-13(21)11-8(4-5-23-11)16-12(20)9-2-3-10(18-17-9)19-7-14-6-15-19/h2-7H,1H3,(H,16,20). The molecule has 0 aliphatic carbocycles. The molecule has 3 heterocycles. The summed E-state index contributed by atoms with van der Waals surface area (Å²) >= 11 is 1.18. The summed E-state index contributed by atoms with van der Waals surface area (Å²) in [5.41, 5.74) is 0.477. The molecule has 3 aromatic heterocycles. The first-order valence-electron chi connectivity index (χ1n) is 6.35. The van der Waals surface area contributed by atoms with E-state index in [0.29, 0.717) is 16.4 Å². The van der Waals surface area contributed by atoms with Gasteiger partial charge in [0, 0.05) is 0 Å². The first kappa shape index (κ1) is 14.8. The molecule has 3 aromatic rings. The van der Waals surface area contributed by atoms with Gasteiger partial charge in [-0.1, -0.05) is 0 Å². The number of aromatic nitrogens is 5. The number of nitrogens with zero attached hydrogens (tertiary/aromatic N) is 5. The Kier molecular flexibility index (Phi) is 4.06. The highest BCUT2D eigenvalue weighted by molar-refractivity contribution is 7.12. The van der Waals surface area contributed by atoms with E-state index in [9.17, 15) is 9.59 Å². The van der Waals surface area contributed by atoms with Crippen LogP contribution in [0.1, 0.15) is 20.2 Å². The summed E-state index contributed by atoms with van der Waals surface area (Å²) < 4.78 is 6.08. The van der Waals surface area contributed by atoms with Crippen LogP contribution in [0.15, 0.2) is 36.2 Å². The summed E-state index contributed by atoms with van der Waals surface area (Å²) in [6.07, 6.45) is 2.84. The molecular weight excluding hydrogens is 320 g/mol. The molecule has 0 unspecified atom stereocenters. The highest BCUT2D eigenvalue weighted by Gasteiger charge is 2.17. The van der Waals surface area contributed by atoms with E-state index in [1.807, 2.05) is 0 Å². The molecular formula is C13H10N6O3S. The third kappa shape index (κ3) is 3.06. The Morgan fingerprint density at radius 1 is 1.26 bits per heavy atom. The summed E-state index contributed by atoms with van der Waals surface area (Å²) in [5.74, 6) is -0.557. The third-order valence-corrected chi connectivity index (χ3v) is 3.72. The van der Waals surface area contributed by atoms with Crippen molar-refractivity contribution in [2.75, 3.05) is 12.4 Å². The molecule has 9 nitrogen and oxygen atoms in total. The lowest BCUT2D eigenvalue weighted by Gasteiger charge is -2.05. The largest absolute Gasteiger partial charge is 0.465 e. The number of amides is 1. The Morgan fingerprint density at radius 3 is 2.78 bits per heavy atom. The van der Waals surface area contributed by atoms with Crippen LogP contribution in [0.25, 0.3) is 5.82 Å². The lowest BCUT2D eigenvalue weighted by Crippen LogP contribution is -2.16. The summed E-state index contributed by atoms with van der Waals surface area (Å²) in [4.78, 5) is 27.9. The smallest absolute Gasteiger partial charge is 0.350 e. The molecule has 10 heteroatoms. The van der Waals surface area contributed by atoms with Gasteiger partial charge >= 0.3 is 5.97 Å². The number of anilines is 1. The predicted octanol–water partition coefficient (Wildman–Crippen LogP) is 1.16. The van der Waals surface area contributed by atoms with Crippen molar-refractivity contribution in [2.24, 2.45) is 0 Å². The number of hydrogen-bond donors (Lipinski definition) is 1. The van der Waals surface area contributed by atoms with Gasteiger partial charge < -0.3 is 10.1 Å². The fraction of sp³-hybridized carbons (Fsp3) is 0.0769. The number of carbonyl (C=O) groups excluding carboxylic acids is 2. The van der Waals surface area contributed by atoms with Crippen molar-refractivity contribution >= 4 is 28.9 Å². The number of ether oxygens (including phenoxy) is 1. The van der Waals surface area contributed by atoms with Crippen LogP contribution in [-0.4, -0.2) is 43.9 Å². The van der Waals surface area contributed by atoms with E-state index in [2.05, 4.69) is 30.3 Å². The summed E-state index contributed by atoms with van der Waals surface area (Å²) in [7, 11) is 1.28. The average molecular weight is 330 g/mol. The fourth-order valence-electron chi connectivity index (χ4n) is 1.74. The van der Waals surface area contributed by atoms with Gasteiger partial charge in [0.25, 0.3) is 5.91 Å². The normalized spacial score (nSPS) is 10.3. The van der Waals surface area contributed by atoms with E-state index in [1.54, 1.807) is 17.5 Å². The highest BCUT2D eigenvalue weighted by Crippen LogP contribution is 2.23. The van der Waals surface area contributed by atoms with Crippen molar-refractivity contribution < 1.29 is 14.3 Å².